The molecule has 1 fully saturated rings. The molecule has 1 saturated heterocycles. The van der Waals surface area contributed by atoms with Gasteiger partial charge in [0.05, 0.1) is 10.6 Å². The van der Waals surface area contributed by atoms with E-state index in [0.717, 1.165) is 36.0 Å². The molecule has 136 valence electrons. The second kappa shape index (κ2) is 8.69. The number of rotatable bonds is 5. The number of nitrogens with zero attached hydrogens (tertiary/aromatic N) is 1. The van der Waals surface area contributed by atoms with Crippen molar-refractivity contribution in [1.82, 2.24) is 10.2 Å². The van der Waals surface area contributed by atoms with E-state index in [1.807, 2.05) is 35.2 Å². The van der Waals surface area contributed by atoms with Gasteiger partial charge in [-0.05, 0) is 36.6 Å². The molecule has 1 unspecified atom stereocenters. The summed E-state index contributed by atoms with van der Waals surface area (Å²) in [6.07, 6.45) is 2.47. The minimum absolute atomic E-state index is 0.0363. The molecule has 1 atom stereocenters. The van der Waals surface area contributed by atoms with Gasteiger partial charge < -0.3 is 10.2 Å². The van der Waals surface area contributed by atoms with Crippen molar-refractivity contribution in [3.05, 3.63) is 69.2 Å². The summed E-state index contributed by atoms with van der Waals surface area (Å²) in [5, 5.41) is 3.25. The van der Waals surface area contributed by atoms with Gasteiger partial charge in [-0.2, -0.15) is 0 Å². The molecule has 2 amide bonds. The Bertz CT molecular complexity index is 792. The quantitative estimate of drug-likeness (QED) is 0.770. The Labute approximate surface area is 166 Å². The Morgan fingerprint density at radius 2 is 1.81 bits per heavy atom. The van der Waals surface area contributed by atoms with Gasteiger partial charge in [-0.3, -0.25) is 9.59 Å². The van der Waals surface area contributed by atoms with Gasteiger partial charge in [0.1, 0.15) is 6.04 Å². The zero-order chi connectivity index (χ0) is 18.5. The van der Waals surface area contributed by atoms with E-state index >= 15 is 0 Å². The highest BCUT2D eigenvalue weighted by Gasteiger charge is 2.28. The number of hydrogen-bond donors (Lipinski definition) is 1. The summed E-state index contributed by atoms with van der Waals surface area (Å²) in [6, 6.07) is 14.2. The molecule has 0 saturated carbocycles. The number of hydrogen-bond acceptors (Lipinski definition) is 2. The van der Waals surface area contributed by atoms with Crippen LogP contribution in [0.3, 0.4) is 0 Å². The number of nitrogens with one attached hydrogen (secondary N) is 1. The Hall–Kier alpha value is -1.85. The first-order valence-electron chi connectivity index (χ1n) is 8.63. The van der Waals surface area contributed by atoms with E-state index in [1.54, 1.807) is 18.2 Å². The fourth-order valence-corrected chi connectivity index (χ4v) is 3.68. The minimum Gasteiger partial charge on any atom is -0.341 e. The highest BCUT2D eigenvalue weighted by Crippen LogP contribution is 2.21. The lowest BCUT2D eigenvalue weighted by molar-refractivity contribution is -0.132. The number of carbonyl (C=O) groups excluding carboxylic acids is 2. The zero-order valence-electron chi connectivity index (χ0n) is 14.3. The predicted molar refractivity (Wildman–Crippen MR) is 106 cm³/mol. The van der Waals surface area contributed by atoms with E-state index in [0.29, 0.717) is 17.0 Å². The van der Waals surface area contributed by atoms with Crippen LogP contribution in [-0.4, -0.2) is 35.8 Å². The number of likely N-dealkylation sites (tertiary alicyclic amines) is 1. The average Bonchev–Trinajstić information content (AvgIpc) is 3.18. The van der Waals surface area contributed by atoms with Crippen molar-refractivity contribution in [2.75, 3.05) is 13.1 Å². The van der Waals surface area contributed by atoms with E-state index in [1.165, 1.54) is 0 Å². The maximum atomic E-state index is 12.9. The first kappa shape index (κ1) is 18.9. The van der Waals surface area contributed by atoms with Gasteiger partial charge in [-0.1, -0.05) is 57.9 Å². The Kier molecular flexibility index (Phi) is 6.33. The predicted octanol–water partition coefficient (Wildman–Crippen LogP) is 4.07. The molecule has 4 nitrogen and oxygen atoms in total. The third-order valence-electron chi connectivity index (χ3n) is 4.48. The topological polar surface area (TPSA) is 49.4 Å². The highest BCUT2D eigenvalue weighted by atomic mass is 79.9. The van der Waals surface area contributed by atoms with Gasteiger partial charge >= 0.3 is 0 Å². The van der Waals surface area contributed by atoms with Crippen LogP contribution in [0.5, 0.6) is 0 Å². The Morgan fingerprint density at radius 1 is 1.12 bits per heavy atom. The van der Waals surface area contributed by atoms with Crippen LogP contribution in [0.2, 0.25) is 5.02 Å². The summed E-state index contributed by atoms with van der Waals surface area (Å²) in [5.74, 6) is -0.379. The summed E-state index contributed by atoms with van der Waals surface area (Å²) >= 11 is 9.52. The van der Waals surface area contributed by atoms with E-state index in [-0.39, 0.29) is 11.8 Å². The zero-order valence-corrected chi connectivity index (χ0v) is 16.6. The lowest BCUT2D eigenvalue weighted by Gasteiger charge is -2.24. The van der Waals surface area contributed by atoms with Gasteiger partial charge in [0.2, 0.25) is 5.91 Å². The molecule has 0 radical (unpaired) electrons. The fraction of sp³-hybridized carbons (Fsp3) is 0.300. The van der Waals surface area contributed by atoms with Crippen molar-refractivity contribution in [1.29, 1.82) is 0 Å². The Morgan fingerprint density at radius 3 is 2.50 bits per heavy atom. The molecule has 0 aromatic heterocycles. The molecule has 0 aliphatic carbocycles. The highest BCUT2D eigenvalue weighted by molar-refractivity contribution is 9.10. The number of carbonyl (C=O) groups is 2. The van der Waals surface area contributed by atoms with Crippen molar-refractivity contribution in [3.8, 4) is 0 Å². The molecule has 0 bridgehead atoms. The van der Waals surface area contributed by atoms with Crippen LogP contribution in [0.1, 0.15) is 28.8 Å². The molecule has 3 rings (SSSR count). The summed E-state index contributed by atoms with van der Waals surface area (Å²) in [5.41, 5.74) is 1.36. The van der Waals surface area contributed by atoms with Gasteiger partial charge in [0, 0.05) is 24.0 Å². The van der Waals surface area contributed by atoms with Crippen LogP contribution in [0.25, 0.3) is 0 Å². The molecular formula is C20H20BrClN2O2. The minimum atomic E-state index is -0.613. The normalized spacial score (nSPS) is 14.9. The smallest absolute Gasteiger partial charge is 0.253 e. The summed E-state index contributed by atoms with van der Waals surface area (Å²) in [6.45, 7) is 1.50. The number of halogens is 2. The first-order chi connectivity index (χ1) is 12.5. The van der Waals surface area contributed by atoms with Crippen LogP contribution in [0.15, 0.2) is 53.0 Å². The van der Waals surface area contributed by atoms with Gasteiger partial charge in [0.15, 0.2) is 0 Å². The fourth-order valence-electron chi connectivity index (χ4n) is 3.12. The van der Waals surface area contributed by atoms with Crippen LogP contribution < -0.4 is 5.32 Å². The molecule has 1 heterocycles. The summed E-state index contributed by atoms with van der Waals surface area (Å²) in [7, 11) is 0. The van der Waals surface area contributed by atoms with E-state index < -0.39 is 6.04 Å². The van der Waals surface area contributed by atoms with Crippen LogP contribution in [0, 0.1) is 0 Å². The lowest BCUT2D eigenvalue weighted by Crippen LogP contribution is -2.49. The summed E-state index contributed by atoms with van der Waals surface area (Å²) < 4.78 is 0.762. The third-order valence-corrected chi connectivity index (χ3v) is 5.30. The average molecular weight is 436 g/mol. The van der Waals surface area contributed by atoms with Gasteiger partial charge in [-0.25, -0.2) is 0 Å². The second-order valence-electron chi connectivity index (χ2n) is 6.37. The van der Waals surface area contributed by atoms with Crippen molar-refractivity contribution < 1.29 is 9.59 Å². The first-order valence-corrected chi connectivity index (χ1v) is 9.80. The molecule has 2 aromatic carbocycles. The van der Waals surface area contributed by atoms with E-state index in [4.69, 9.17) is 11.6 Å². The summed E-state index contributed by atoms with van der Waals surface area (Å²) in [4.78, 5) is 27.5. The van der Waals surface area contributed by atoms with Crippen molar-refractivity contribution in [2.24, 2.45) is 0 Å². The molecule has 1 aliphatic rings. The molecule has 0 spiro atoms. The number of benzene rings is 2. The largest absolute Gasteiger partial charge is 0.341 e. The molecule has 1 N–H and O–H groups in total. The standard InChI is InChI=1S/C20H20BrClN2O2/c21-15-8-9-17(22)16(13-15)19(25)23-18(12-14-6-2-1-3-7-14)20(26)24-10-4-5-11-24/h1-3,6-9,13,18H,4-5,10-12H2,(H,23,25). The van der Waals surface area contributed by atoms with E-state index in [9.17, 15) is 9.59 Å². The maximum absolute atomic E-state index is 12.9. The van der Waals surface area contributed by atoms with E-state index in [2.05, 4.69) is 21.2 Å². The van der Waals surface area contributed by atoms with Crippen molar-refractivity contribution >= 4 is 39.3 Å². The molecule has 26 heavy (non-hydrogen) atoms. The number of amides is 2. The van der Waals surface area contributed by atoms with Crippen LogP contribution >= 0.6 is 27.5 Å². The van der Waals surface area contributed by atoms with Crippen LogP contribution in [0.4, 0.5) is 0 Å². The molecule has 2 aromatic rings. The molecule has 1 aliphatic heterocycles. The molecule has 6 heteroatoms. The second-order valence-corrected chi connectivity index (χ2v) is 7.70. The van der Waals surface area contributed by atoms with Crippen molar-refractivity contribution in [2.45, 2.75) is 25.3 Å². The maximum Gasteiger partial charge on any atom is 0.253 e. The Balaban J connectivity index is 1.81. The van der Waals surface area contributed by atoms with Gasteiger partial charge in [-0.15, -0.1) is 0 Å². The lowest BCUT2D eigenvalue weighted by atomic mass is 10.0. The van der Waals surface area contributed by atoms with Gasteiger partial charge in [0.25, 0.3) is 5.91 Å². The van der Waals surface area contributed by atoms with Crippen LogP contribution in [-0.2, 0) is 11.2 Å². The van der Waals surface area contributed by atoms with Crippen molar-refractivity contribution in [3.63, 3.8) is 0 Å². The third kappa shape index (κ3) is 4.65. The molecular weight excluding hydrogens is 416 g/mol. The SMILES string of the molecule is O=C(NC(Cc1ccccc1)C(=O)N1CCCC1)c1cc(Br)ccc1Cl. The monoisotopic (exact) mass is 434 g/mol.